The Bertz CT molecular complexity index is 385. The fourth-order valence-electron chi connectivity index (χ4n) is 1.76. The summed E-state index contributed by atoms with van der Waals surface area (Å²) in [6, 6.07) is 5.52. The van der Waals surface area contributed by atoms with Crippen LogP contribution in [0.1, 0.15) is 18.5 Å². The smallest absolute Gasteiger partial charge is 0.0791 e. The van der Waals surface area contributed by atoms with Crippen molar-refractivity contribution >= 4 is 23.2 Å². The first-order valence-corrected chi connectivity index (χ1v) is 6.67. The second-order valence-corrected chi connectivity index (χ2v) is 5.56. The first-order valence-electron chi connectivity index (χ1n) is 5.91. The summed E-state index contributed by atoms with van der Waals surface area (Å²) in [4.78, 5) is 1.95. The minimum atomic E-state index is -0.395. The van der Waals surface area contributed by atoms with Crippen LogP contribution in [0, 0.1) is 0 Å². The molecule has 0 saturated carbocycles. The molecule has 0 fully saturated rings. The Labute approximate surface area is 119 Å². The molecule has 0 aliphatic heterocycles. The molecule has 1 aromatic carbocycles. The van der Waals surface area contributed by atoms with Crippen molar-refractivity contribution in [1.82, 2.24) is 10.2 Å². The van der Waals surface area contributed by atoms with Crippen molar-refractivity contribution in [2.45, 2.75) is 19.1 Å². The third-order valence-corrected chi connectivity index (χ3v) is 3.23. The van der Waals surface area contributed by atoms with E-state index in [9.17, 15) is 5.11 Å². The fourth-order valence-corrected chi connectivity index (χ4v) is 2.33. The van der Waals surface area contributed by atoms with Crippen LogP contribution in [0.2, 0.25) is 10.0 Å². The molecule has 0 saturated heterocycles. The van der Waals surface area contributed by atoms with Crippen LogP contribution in [0.4, 0.5) is 0 Å². The molecule has 1 aromatic rings. The SMILES string of the molecule is CC(NCC(O)CN(C)C)c1ccc(Cl)cc1Cl. The monoisotopic (exact) mass is 290 g/mol. The number of nitrogens with zero attached hydrogens (tertiary/aromatic N) is 1. The molecule has 0 aliphatic carbocycles. The van der Waals surface area contributed by atoms with Crippen molar-refractivity contribution < 1.29 is 5.11 Å². The normalized spacial score (nSPS) is 14.8. The lowest BCUT2D eigenvalue weighted by Crippen LogP contribution is -2.36. The summed E-state index contributed by atoms with van der Waals surface area (Å²) in [5.41, 5.74) is 0.984. The number of benzene rings is 1. The van der Waals surface area contributed by atoms with Crippen LogP contribution >= 0.6 is 23.2 Å². The molecule has 1 rings (SSSR count). The molecular formula is C13H20Cl2N2O. The number of hydrogen-bond acceptors (Lipinski definition) is 3. The largest absolute Gasteiger partial charge is 0.390 e. The molecule has 2 N–H and O–H groups in total. The lowest BCUT2D eigenvalue weighted by Gasteiger charge is -2.20. The minimum absolute atomic E-state index is 0.0755. The van der Waals surface area contributed by atoms with Crippen LogP contribution in [0.5, 0.6) is 0 Å². The number of halogens is 2. The number of likely N-dealkylation sites (N-methyl/N-ethyl adjacent to an activating group) is 1. The van der Waals surface area contributed by atoms with Gasteiger partial charge in [0.2, 0.25) is 0 Å². The summed E-state index contributed by atoms with van der Waals surface area (Å²) in [6.45, 7) is 3.17. The average Bonchev–Trinajstić information content (AvgIpc) is 2.25. The Kier molecular flexibility index (Phi) is 6.39. The third-order valence-electron chi connectivity index (χ3n) is 2.66. The van der Waals surface area contributed by atoms with E-state index in [0.717, 1.165) is 5.56 Å². The topological polar surface area (TPSA) is 35.5 Å². The molecule has 2 unspecified atom stereocenters. The molecule has 0 radical (unpaired) electrons. The predicted octanol–water partition coefficient (Wildman–Crippen LogP) is 2.57. The van der Waals surface area contributed by atoms with E-state index in [-0.39, 0.29) is 6.04 Å². The quantitative estimate of drug-likeness (QED) is 0.845. The van der Waals surface area contributed by atoms with Crippen LogP contribution in [0.25, 0.3) is 0 Å². The van der Waals surface area contributed by atoms with E-state index >= 15 is 0 Å². The van der Waals surface area contributed by atoms with Crippen LogP contribution < -0.4 is 5.32 Å². The van der Waals surface area contributed by atoms with Gasteiger partial charge in [0, 0.05) is 29.2 Å². The summed E-state index contributed by atoms with van der Waals surface area (Å²) in [7, 11) is 3.87. The van der Waals surface area contributed by atoms with E-state index in [0.29, 0.717) is 23.1 Å². The average molecular weight is 291 g/mol. The van der Waals surface area contributed by atoms with E-state index in [1.165, 1.54) is 0 Å². The summed E-state index contributed by atoms with van der Waals surface area (Å²) in [5, 5.41) is 14.3. The van der Waals surface area contributed by atoms with Crippen molar-refractivity contribution in [3.63, 3.8) is 0 Å². The van der Waals surface area contributed by atoms with Crippen LogP contribution in [0.15, 0.2) is 18.2 Å². The van der Waals surface area contributed by atoms with Gasteiger partial charge < -0.3 is 15.3 Å². The molecule has 2 atom stereocenters. The molecule has 102 valence electrons. The van der Waals surface area contributed by atoms with Gasteiger partial charge in [-0.3, -0.25) is 0 Å². The molecular weight excluding hydrogens is 271 g/mol. The second-order valence-electron chi connectivity index (χ2n) is 4.71. The first-order chi connectivity index (χ1) is 8.40. The van der Waals surface area contributed by atoms with E-state index in [4.69, 9.17) is 23.2 Å². The van der Waals surface area contributed by atoms with Crippen LogP contribution in [0.3, 0.4) is 0 Å². The number of aliphatic hydroxyl groups is 1. The van der Waals surface area contributed by atoms with E-state index in [2.05, 4.69) is 5.32 Å². The highest BCUT2D eigenvalue weighted by atomic mass is 35.5. The predicted molar refractivity (Wildman–Crippen MR) is 77.4 cm³/mol. The van der Waals surface area contributed by atoms with Gasteiger partial charge in [-0.2, -0.15) is 0 Å². The maximum atomic E-state index is 9.77. The molecule has 0 aliphatic rings. The summed E-state index contributed by atoms with van der Waals surface area (Å²) < 4.78 is 0. The zero-order valence-electron chi connectivity index (χ0n) is 11.0. The van der Waals surface area contributed by atoms with Gasteiger partial charge in [-0.25, -0.2) is 0 Å². The minimum Gasteiger partial charge on any atom is -0.390 e. The van der Waals surface area contributed by atoms with Gasteiger partial charge >= 0.3 is 0 Å². The molecule has 0 aromatic heterocycles. The molecule has 5 heteroatoms. The summed E-state index contributed by atoms with van der Waals surface area (Å²) in [6.07, 6.45) is -0.395. The maximum absolute atomic E-state index is 9.77. The Hall–Kier alpha value is -0.320. The number of aliphatic hydroxyl groups excluding tert-OH is 1. The summed E-state index contributed by atoms with van der Waals surface area (Å²) >= 11 is 12.0. The number of hydrogen-bond donors (Lipinski definition) is 2. The van der Waals surface area contributed by atoms with Crippen molar-refractivity contribution in [3.8, 4) is 0 Å². The van der Waals surface area contributed by atoms with Crippen LogP contribution in [-0.2, 0) is 0 Å². The third kappa shape index (κ3) is 5.12. The van der Waals surface area contributed by atoms with Gasteiger partial charge in [0.1, 0.15) is 0 Å². The van der Waals surface area contributed by atoms with Gasteiger partial charge in [-0.1, -0.05) is 29.3 Å². The molecule has 0 amide bonds. The maximum Gasteiger partial charge on any atom is 0.0791 e. The Morgan fingerprint density at radius 1 is 1.33 bits per heavy atom. The van der Waals surface area contributed by atoms with Gasteiger partial charge in [0.05, 0.1) is 6.10 Å². The van der Waals surface area contributed by atoms with Gasteiger partial charge in [-0.05, 0) is 38.7 Å². The van der Waals surface area contributed by atoms with Crippen LogP contribution in [-0.4, -0.2) is 43.3 Å². The van der Waals surface area contributed by atoms with E-state index in [1.54, 1.807) is 6.07 Å². The summed E-state index contributed by atoms with van der Waals surface area (Å²) in [5.74, 6) is 0. The second kappa shape index (κ2) is 7.31. The molecule has 0 bridgehead atoms. The lowest BCUT2D eigenvalue weighted by molar-refractivity contribution is 0.132. The van der Waals surface area contributed by atoms with E-state index in [1.807, 2.05) is 38.1 Å². The highest BCUT2D eigenvalue weighted by Gasteiger charge is 2.12. The zero-order valence-corrected chi connectivity index (χ0v) is 12.5. The first kappa shape index (κ1) is 15.7. The van der Waals surface area contributed by atoms with Crippen molar-refractivity contribution in [3.05, 3.63) is 33.8 Å². The fraction of sp³-hybridized carbons (Fsp3) is 0.538. The van der Waals surface area contributed by atoms with Crippen molar-refractivity contribution in [2.24, 2.45) is 0 Å². The van der Waals surface area contributed by atoms with Gasteiger partial charge in [-0.15, -0.1) is 0 Å². The number of nitrogens with one attached hydrogen (secondary N) is 1. The van der Waals surface area contributed by atoms with Crippen molar-refractivity contribution in [2.75, 3.05) is 27.2 Å². The molecule has 0 heterocycles. The Morgan fingerprint density at radius 3 is 2.56 bits per heavy atom. The number of rotatable bonds is 6. The van der Waals surface area contributed by atoms with Gasteiger partial charge in [0.25, 0.3) is 0 Å². The zero-order chi connectivity index (χ0) is 13.7. The van der Waals surface area contributed by atoms with E-state index < -0.39 is 6.10 Å². The molecule has 0 spiro atoms. The lowest BCUT2D eigenvalue weighted by atomic mass is 10.1. The highest BCUT2D eigenvalue weighted by Crippen LogP contribution is 2.25. The molecule has 18 heavy (non-hydrogen) atoms. The highest BCUT2D eigenvalue weighted by molar-refractivity contribution is 6.35. The van der Waals surface area contributed by atoms with Gasteiger partial charge in [0.15, 0.2) is 0 Å². The molecule has 3 nitrogen and oxygen atoms in total. The standard InChI is InChI=1S/C13H20Cl2N2O/c1-9(16-7-11(18)8-17(2)3)12-5-4-10(14)6-13(12)15/h4-6,9,11,16,18H,7-8H2,1-3H3. The van der Waals surface area contributed by atoms with Crippen molar-refractivity contribution in [1.29, 1.82) is 0 Å². The Balaban J connectivity index is 2.52. The Morgan fingerprint density at radius 2 is 2.00 bits per heavy atom.